The van der Waals surface area contributed by atoms with Gasteiger partial charge in [-0.2, -0.15) is 0 Å². The van der Waals surface area contributed by atoms with E-state index in [-0.39, 0.29) is 49.2 Å². The van der Waals surface area contributed by atoms with Gasteiger partial charge in [-0.15, -0.1) is 0 Å². The molecule has 36 heavy (non-hydrogen) atoms. The van der Waals surface area contributed by atoms with Crippen LogP contribution in [-0.2, 0) is 28.7 Å². The van der Waals surface area contributed by atoms with E-state index in [0.29, 0.717) is 18.4 Å². The Labute approximate surface area is 212 Å². The van der Waals surface area contributed by atoms with Crippen molar-refractivity contribution in [1.29, 1.82) is 0 Å². The second-order valence-corrected chi connectivity index (χ2v) is 9.82. The summed E-state index contributed by atoms with van der Waals surface area (Å²) in [5.74, 6) is -2.92. The molecule has 2 heterocycles. The largest absolute Gasteiger partial charge is 0.454 e. The van der Waals surface area contributed by atoms with Gasteiger partial charge in [0, 0.05) is 44.3 Å². The van der Waals surface area contributed by atoms with Gasteiger partial charge in [0.1, 0.15) is 18.0 Å². The van der Waals surface area contributed by atoms with Gasteiger partial charge < -0.3 is 19.7 Å². The molecule has 2 amide bonds. The second-order valence-electron chi connectivity index (χ2n) is 9.82. The molecule has 2 aliphatic rings. The van der Waals surface area contributed by atoms with E-state index >= 15 is 0 Å². The summed E-state index contributed by atoms with van der Waals surface area (Å²) >= 11 is 0. The SMILES string of the molecule is CO[C@H]1/C=C/CC/C=C/C(=O)O[C@@H](/C(C)=C/[C@H](C)C(=O)C[C@H](O)CC2CC(=O)NC(=O)C2)[C@@H](C)[C@@H]1O. The van der Waals surface area contributed by atoms with E-state index < -0.39 is 42.2 Å². The maximum absolute atomic E-state index is 12.8. The Bertz CT molecular complexity index is 876. The second kappa shape index (κ2) is 14.2. The first-order chi connectivity index (χ1) is 17.0. The van der Waals surface area contributed by atoms with Gasteiger partial charge in [0.2, 0.25) is 11.8 Å². The van der Waals surface area contributed by atoms with Crippen LogP contribution >= 0.6 is 0 Å². The van der Waals surface area contributed by atoms with Gasteiger partial charge in [-0.25, -0.2) is 4.79 Å². The highest BCUT2D eigenvalue weighted by atomic mass is 16.5. The van der Waals surface area contributed by atoms with Crippen LogP contribution in [0.3, 0.4) is 0 Å². The zero-order valence-electron chi connectivity index (χ0n) is 21.5. The Morgan fingerprint density at radius 1 is 1.22 bits per heavy atom. The van der Waals surface area contributed by atoms with Gasteiger partial charge in [0.05, 0.1) is 12.2 Å². The summed E-state index contributed by atoms with van der Waals surface area (Å²) in [6.45, 7) is 5.18. The Kier molecular flexibility index (Phi) is 11.7. The third-order valence-electron chi connectivity index (χ3n) is 6.69. The van der Waals surface area contributed by atoms with Crippen molar-refractivity contribution in [3.8, 4) is 0 Å². The van der Waals surface area contributed by atoms with Crippen molar-refractivity contribution in [2.75, 3.05) is 7.11 Å². The number of allylic oxidation sites excluding steroid dienone is 3. The summed E-state index contributed by atoms with van der Waals surface area (Å²) in [7, 11) is 1.50. The molecule has 0 aromatic rings. The number of imide groups is 1. The fourth-order valence-corrected chi connectivity index (χ4v) is 4.68. The fraction of sp³-hybridized carbons (Fsp3) is 0.630. The molecule has 9 nitrogen and oxygen atoms in total. The predicted molar refractivity (Wildman–Crippen MR) is 132 cm³/mol. The lowest BCUT2D eigenvalue weighted by molar-refractivity contribution is -0.147. The van der Waals surface area contributed by atoms with Crippen molar-refractivity contribution in [2.24, 2.45) is 17.8 Å². The Balaban J connectivity index is 2.10. The molecular weight excluding hydrogens is 466 g/mol. The van der Waals surface area contributed by atoms with E-state index in [2.05, 4.69) is 5.32 Å². The molecule has 200 valence electrons. The average Bonchev–Trinajstić information content (AvgIpc) is 2.79. The lowest BCUT2D eigenvalue weighted by atomic mass is 9.86. The first kappa shape index (κ1) is 29.6. The Morgan fingerprint density at radius 3 is 2.50 bits per heavy atom. The highest BCUT2D eigenvalue weighted by molar-refractivity contribution is 5.97. The number of Topliss-reactive ketones (excluding diaryl/α,β-unsaturated/α-hetero) is 1. The number of esters is 1. The number of methoxy groups -OCH3 is 1. The Hall–Kier alpha value is -2.62. The summed E-state index contributed by atoms with van der Waals surface area (Å²) in [6.07, 6.45) is 6.84. The average molecular weight is 506 g/mol. The van der Waals surface area contributed by atoms with Gasteiger partial charge in [-0.05, 0) is 37.7 Å². The molecule has 0 unspecified atom stereocenters. The predicted octanol–water partition coefficient (Wildman–Crippen LogP) is 2.16. The zero-order chi connectivity index (χ0) is 26.8. The number of carbonyl (C=O) groups is 4. The molecule has 1 saturated heterocycles. The van der Waals surface area contributed by atoms with Crippen molar-refractivity contribution >= 4 is 23.6 Å². The third-order valence-corrected chi connectivity index (χ3v) is 6.69. The number of piperidine rings is 1. The molecule has 0 aliphatic carbocycles. The standard InChI is InChI=1S/C27H39NO8/c1-16(21(30)15-20(29)12-19-13-23(31)28-24(32)14-19)11-17(2)27-18(3)26(34)22(35-4)9-7-5-6-8-10-25(33)36-27/h7-11,16,18-20,22,26-27,29,34H,5-6,12-15H2,1-4H3,(H,28,31,32)/b9-7+,10-8+,17-11+/t16-,18-,20+,22-,26-,27-/m0/s1. The number of nitrogens with one attached hydrogen (secondary N) is 1. The number of rotatable bonds is 8. The number of ketones is 1. The fourth-order valence-electron chi connectivity index (χ4n) is 4.68. The lowest BCUT2D eigenvalue weighted by Gasteiger charge is -2.31. The van der Waals surface area contributed by atoms with Gasteiger partial charge in [-0.3, -0.25) is 19.7 Å². The minimum absolute atomic E-state index is 0.126. The van der Waals surface area contributed by atoms with Gasteiger partial charge in [-0.1, -0.05) is 38.2 Å². The monoisotopic (exact) mass is 505 g/mol. The van der Waals surface area contributed by atoms with Crippen molar-refractivity contribution in [2.45, 2.75) is 83.7 Å². The number of amides is 2. The number of aliphatic hydroxyl groups is 2. The molecule has 0 spiro atoms. The molecule has 3 N–H and O–H groups in total. The zero-order valence-corrected chi connectivity index (χ0v) is 21.5. The quantitative estimate of drug-likeness (QED) is 0.259. The molecule has 0 bridgehead atoms. The maximum atomic E-state index is 12.8. The molecule has 0 aromatic carbocycles. The number of ether oxygens (including phenoxy) is 2. The summed E-state index contributed by atoms with van der Waals surface area (Å²) in [5, 5.41) is 23.6. The van der Waals surface area contributed by atoms with E-state index in [1.807, 2.05) is 6.08 Å². The van der Waals surface area contributed by atoms with Crippen LogP contribution in [0.4, 0.5) is 0 Å². The number of carbonyl (C=O) groups excluding carboxylic acids is 4. The first-order valence-corrected chi connectivity index (χ1v) is 12.5. The van der Waals surface area contributed by atoms with Crippen LogP contribution in [0.1, 0.15) is 59.3 Å². The molecule has 2 rings (SSSR count). The number of hydrogen-bond donors (Lipinski definition) is 3. The third kappa shape index (κ3) is 9.11. The lowest BCUT2D eigenvalue weighted by Crippen LogP contribution is -2.41. The smallest absolute Gasteiger partial charge is 0.331 e. The van der Waals surface area contributed by atoms with Crippen molar-refractivity contribution < 1.29 is 38.9 Å². The summed E-state index contributed by atoms with van der Waals surface area (Å²) in [4.78, 5) is 48.3. The molecule has 1 fully saturated rings. The van der Waals surface area contributed by atoms with Crippen molar-refractivity contribution in [3.63, 3.8) is 0 Å². The highest BCUT2D eigenvalue weighted by Gasteiger charge is 2.33. The summed E-state index contributed by atoms with van der Waals surface area (Å²) in [6, 6.07) is 0. The van der Waals surface area contributed by atoms with Crippen molar-refractivity contribution in [3.05, 3.63) is 36.0 Å². The molecule has 9 heteroatoms. The highest BCUT2D eigenvalue weighted by Crippen LogP contribution is 2.26. The topological polar surface area (TPSA) is 139 Å². The van der Waals surface area contributed by atoms with E-state index in [9.17, 15) is 29.4 Å². The van der Waals surface area contributed by atoms with E-state index in [4.69, 9.17) is 9.47 Å². The molecular formula is C27H39NO8. The minimum Gasteiger partial charge on any atom is -0.454 e. The molecule has 2 aliphatic heterocycles. The summed E-state index contributed by atoms with van der Waals surface area (Å²) < 4.78 is 11.1. The first-order valence-electron chi connectivity index (χ1n) is 12.5. The van der Waals surface area contributed by atoms with Crippen LogP contribution in [0.5, 0.6) is 0 Å². The minimum atomic E-state index is -0.975. The number of hydrogen-bond acceptors (Lipinski definition) is 8. The molecule has 0 aromatic heterocycles. The van der Waals surface area contributed by atoms with E-state index in [1.165, 1.54) is 13.2 Å². The summed E-state index contributed by atoms with van der Waals surface area (Å²) in [5.41, 5.74) is 0.601. The van der Waals surface area contributed by atoms with E-state index in [1.54, 1.807) is 39.0 Å². The molecule has 0 saturated carbocycles. The molecule has 6 atom stereocenters. The van der Waals surface area contributed by atoms with Crippen LogP contribution in [-0.4, -0.2) is 65.3 Å². The van der Waals surface area contributed by atoms with E-state index in [0.717, 1.165) is 0 Å². The molecule has 0 radical (unpaired) electrons. The van der Waals surface area contributed by atoms with Crippen LogP contribution in [0.15, 0.2) is 36.0 Å². The van der Waals surface area contributed by atoms with Gasteiger partial charge >= 0.3 is 5.97 Å². The Morgan fingerprint density at radius 2 is 1.86 bits per heavy atom. The van der Waals surface area contributed by atoms with Crippen LogP contribution in [0, 0.1) is 17.8 Å². The van der Waals surface area contributed by atoms with Gasteiger partial charge in [0.25, 0.3) is 0 Å². The normalized spacial score (nSPS) is 30.3. The van der Waals surface area contributed by atoms with Crippen LogP contribution in [0.25, 0.3) is 0 Å². The number of cyclic esters (lactones) is 1. The van der Waals surface area contributed by atoms with Crippen molar-refractivity contribution in [1.82, 2.24) is 5.32 Å². The maximum Gasteiger partial charge on any atom is 0.331 e. The van der Waals surface area contributed by atoms with Crippen LogP contribution < -0.4 is 5.32 Å². The van der Waals surface area contributed by atoms with Gasteiger partial charge in [0.15, 0.2) is 0 Å². The van der Waals surface area contributed by atoms with Crippen LogP contribution in [0.2, 0.25) is 0 Å². The number of aliphatic hydroxyl groups excluding tert-OH is 2.